The fourth-order valence-corrected chi connectivity index (χ4v) is 1.24. The van der Waals surface area contributed by atoms with Crippen molar-refractivity contribution in [2.45, 2.75) is 6.18 Å². The zero-order chi connectivity index (χ0) is 15.7. The average Bonchev–Trinajstić information content (AvgIpc) is 2.25. The Bertz CT molecular complexity index is 565. The molecule has 20 heavy (non-hydrogen) atoms. The van der Waals surface area contributed by atoms with E-state index in [-0.39, 0.29) is 12.1 Å². The Labute approximate surface area is 107 Å². The number of benzene rings is 1. The zero-order valence-electron chi connectivity index (χ0n) is 9.21. The third-order valence-corrected chi connectivity index (χ3v) is 1.97. The molecule has 1 aromatic rings. The first-order chi connectivity index (χ1) is 9.04. The molecule has 1 aromatic carbocycles. The van der Waals surface area contributed by atoms with Gasteiger partial charge in [-0.2, -0.15) is 13.2 Å². The van der Waals surface area contributed by atoms with Crippen molar-refractivity contribution in [3.63, 3.8) is 0 Å². The summed E-state index contributed by atoms with van der Waals surface area (Å²) in [5.74, 6) is -1.26. The maximum atomic E-state index is 12.5. The van der Waals surface area contributed by atoms with E-state index in [1.165, 1.54) is 0 Å². The predicted molar refractivity (Wildman–Crippen MR) is 55.0 cm³/mol. The van der Waals surface area contributed by atoms with E-state index in [0.29, 0.717) is 0 Å². The maximum absolute atomic E-state index is 12.5. The Morgan fingerprint density at radius 2 is 1.55 bits per heavy atom. The summed E-state index contributed by atoms with van der Waals surface area (Å²) in [6, 6.07) is 0.0105. The molecule has 108 valence electrons. The van der Waals surface area contributed by atoms with E-state index < -0.39 is 44.8 Å². The number of rotatable bonds is 3. The molecule has 0 radical (unpaired) electrons. The van der Waals surface area contributed by atoms with Crippen LogP contribution in [0.4, 0.5) is 29.3 Å². The summed E-state index contributed by atoms with van der Waals surface area (Å²) in [5.41, 5.74) is 0.130. The molecule has 0 aromatic heterocycles. The number of nitro groups is 2. The lowest BCUT2D eigenvalue weighted by Crippen LogP contribution is -2.18. The minimum atomic E-state index is -5.05. The van der Waals surface area contributed by atoms with Crippen molar-refractivity contribution in [2.75, 3.05) is 0 Å². The van der Waals surface area contributed by atoms with Gasteiger partial charge in [-0.15, -0.1) is 0 Å². The molecule has 1 amide bonds. The maximum Gasteiger partial charge on any atom is 0.416 e. The number of hydrogen-bond donors (Lipinski definition) is 1. The van der Waals surface area contributed by atoms with Crippen molar-refractivity contribution >= 4 is 17.5 Å². The lowest BCUT2D eigenvalue weighted by atomic mass is 10.1. The summed E-state index contributed by atoms with van der Waals surface area (Å²) in [4.78, 5) is 29.1. The third kappa shape index (κ3) is 3.09. The molecular formula is C8H4F3N3O6. The van der Waals surface area contributed by atoms with Crippen LogP contribution in [0.2, 0.25) is 0 Å². The molecule has 12 heteroatoms. The highest BCUT2D eigenvalue weighted by atomic mass is 19.4. The van der Waals surface area contributed by atoms with Crippen molar-refractivity contribution in [1.82, 2.24) is 0 Å². The van der Waals surface area contributed by atoms with Crippen molar-refractivity contribution in [3.05, 3.63) is 37.9 Å². The Morgan fingerprint density at radius 1 is 1.15 bits per heavy atom. The Morgan fingerprint density at radius 3 is 1.80 bits per heavy atom. The topological polar surface area (TPSA) is 139 Å². The van der Waals surface area contributed by atoms with Crippen LogP contribution in [0.25, 0.3) is 0 Å². The number of carbonyl (C=O) groups excluding carboxylic acids is 1. The van der Waals surface area contributed by atoms with Gasteiger partial charge in [0, 0.05) is 12.1 Å². The lowest BCUT2D eigenvalue weighted by Gasteiger charge is -2.09. The van der Waals surface area contributed by atoms with Crippen LogP contribution < -0.4 is 10.5 Å². The molecule has 0 aliphatic heterocycles. The Hall–Kier alpha value is -2.92. The number of hydrogen-bond acceptors (Lipinski definition) is 6. The quantitative estimate of drug-likeness (QED) is 0.668. The standard InChI is InChI=1S/C8H4F3N3O6/c9-8(10,11)3-1-4(13(16)17)6(20-7(12)15)5(2-3)14(18)19/h1-2H,(H2,12,15). The molecule has 0 saturated carbocycles. The van der Waals surface area contributed by atoms with E-state index in [9.17, 15) is 38.2 Å². The largest absolute Gasteiger partial charge is 0.416 e. The molecule has 0 aliphatic rings. The van der Waals surface area contributed by atoms with Gasteiger partial charge in [0.1, 0.15) is 0 Å². The summed E-state index contributed by atoms with van der Waals surface area (Å²) in [7, 11) is 0. The van der Waals surface area contributed by atoms with Gasteiger partial charge in [-0.1, -0.05) is 0 Å². The summed E-state index contributed by atoms with van der Waals surface area (Å²) < 4.78 is 41.5. The zero-order valence-corrected chi connectivity index (χ0v) is 9.21. The molecule has 0 fully saturated rings. The Kier molecular flexibility index (Phi) is 3.77. The fourth-order valence-electron chi connectivity index (χ4n) is 1.24. The summed E-state index contributed by atoms with van der Waals surface area (Å²) in [6.07, 6.45) is -6.70. The van der Waals surface area contributed by atoms with E-state index >= 15 is 0 Å². The highest BCUT2D eigenvalue weighted by Gasteiger charge is 2.38. The number of nitrogens with two attached hydrogens (primary N) is 1. The number of ether oxygens (including phenoxy) is 1. The fraction of sp³-hybridized carbons (Fsp3) is 0.125. The molecule has 0 aliphatic carbocycles. The van der Waals surface area contributed by atoms with Crippen molar-refractivity contribution in [1.29, 1.82) is 0 Å². The van der Waals surface area contributed by atoms with Gasteiger partial charge in [-0.05, 0) is 0 Å². The molecule has 0 atom stereocenters. The van der Waals surface area contributed by atoms with E-state index in [2.05, 4.69) is 10.5 Å². The summed E-state index contributed by atoms with van der Waals surface area (Å²) >= 11 is 0. The number of halogens is 3. The van der Waals surface area contributed by atoms with Gasteiger partial charge in [0.05, 0.1) is 15.4 Å². The second-order valence-corrected chi connectivity index (χ2v) is 3.28. The van der Waals surface area contributed by atoms with Crippen molar-refractivity contribution < 1.29 is 32.5 Å². The van der Waals surface area contributed by atoms with Gasteiger partial charge in [0.2, 0.25) is 0 Å². The van der Waals surface area contributed by atoms with Gasteiger partial charge in [0.25, 0.3) is 5.75 Å². The molecular weight excluding hydrogens is 291 g/mol. The SMILES string of the molecule is NC(=O)Oc1c([N+](=O)[O-])cc(C(F)(F)F)cc1[N+](=O)[O-]. The van der Waals surface area contributed by atoms with E-state index in [1.807, 2.05) is 0 Å². The number of nitro benzene ring substituents is 2. The average molecular weight is 295 g/mol. The van der Waals surface area contributed by atoms with Crippen LogP contribution in [0.3, 0.4) is 0 Å². The van der Waals surface area contributed by atoms with Crippen LogP contribution >= 0.6 is 0 Å². The first-order valence-corrected chi connectivity index (χ1v) is 4.55. The smallest absolute Gasteiger partial charge is 0.396 e. The minimum Gasteiger partial charge on any atom is -0.396 e. The number of alkyl halides is 3. The highest BCUT2D eigenvalue weighted by Crippen LogP contribution is 2.42. The van der Waals surface area contributed by atoms with E-state index in [0.717, 1.165) is 0 Å². The summed E-state index contributed by atoms with van der Waals surface area (Å²) in [6.45, 7) is 0. The molecule has 1 rings (SSSR count). The van der Waals surface area contributed by atoms with Crippen LogP contribution in [0, 0.1) is 20.2 Å². The van der Waals surface area contributed by atoms with Gasteiger partial charge in [0.15, 0.2) is 0 Å². The lowest BCUT2D eigenvalue weighted by molar-refractivity contribution is -0.395. The van der Waals surface area contributed by atoms with Crippen molar-refractivity contribution in [2.24, 2.45) is 5.73 Å². The second kappa shape index (κ2) is 4.99. The number of amides is 1. The van der Waals surface area contributed by atoms with E-state index in [1.54, 1.807) is 0 Å². The number of nitrogens with zero attached hydrogens (tertiary/aromatic N) is 2. The normalized spacial score (nSPS) is 10.9. The Balaban J connectivity index is 3.67. The minimum absolute atomic E-state index is 0.00523. The van der Waals surface area contributed by atoms with Crippen LogP contribution in [0.5, 0.6) is 5.75 Å². The van der Waals surface area contributed by atoms with Gasteiger partial charge >= 0.3 is 23.6 Å². The molecule has 0 unspecified atom stereocenters. The predicted octanol–water partition coefficient (Wildman–Crippen LogP) is 1.98. The van der Waals surface area contributed by atoms with Crippen molar-refractivity contribution in [3.8, 4) is 5.75 Å². The van der Waals surface area contributed by atoms with Crippen LogP contribution in [0.1, 0.15) is 5.56 Å². The number of carbonyl (C=O) groups is 1. The number of primary amides is 1. The van der Waals surface area contributed by atoms with Crippen LogP contribution in [-0.4, -0.2) is 15.9 Å². The van der Waals surface area contributed by atoms with Crippen LogP contribution in [-0.2, 0) is 6.18 Å². The summed E-state index contributed by atoms with van der Waals surface area (Å²) in [5, 5.41) is 21.3. The third-order valence-electron chi connectivity index (χ3n) is 1.97. The van der Waals surface area contributed by atoms with E-state index in [4.69, 9.17) is 0 Å². The van der Waals surface area contributed by atoms with Gasteiger partial charge in [-0.3, -0.25) is 20.2 Å². The molecule has 0 saturated heterocycles. The van der Waals surface area contributed by atoms with Crippen LogP contribution in [0.15, 0.2) is 12.1 Å². The molecule has 0 spiro atoms. The first kappa shape index (κ1) is 15.1. The second-order valence-electron chi connectivity index (χ2n) is 3.28. The highest BCUT2D eigenvalue weighted by molar-refractivity contribution is 5.74. The van der Waals surface area contributed by atoms with Gasteiger partial charge < -0.3 is 10.5 Å². The molecule has 0 bridgehead atoms. The first-order valence-electron chi connectivity index (χ1n) is 4.55. The molecule has 2 N–H and O–H groups in total. The monoisotopic (exact) mass is 295 g/mol. The van der Waals surface area contributed by atoms with Gasteiger partial charge in [-0.25, -0.2) is 4.79 Å². The molecule has 9 nitrogen and oxygen atoms in total. The molecule has 0 heterocycles.